The van der Waals surface area contributed by atoms with E-state index in [-0.39, 0.29) is 17.5 Å². The molecular formula is C19H17ClN2O4. The lowest BCUT2D eigenvalue weighted by Crippen LogP contribution is -2.23. The average molecular weight is 373 g/mol. The molecule has 0 aliphatic carbocycles. The molecule has 2 heterocycles. The summed E-state index contributed by atoms with van der Waals surface area (Å²) in [6.45, 7) is 0. The van der Waals surface area contributed by atoms with Crippen molar-refractivity contribution < 1.29 is 19.4 Å². The van der Waals surface area contributed by atoms with E-state index >= 15 is 0 Å². The second kappa shape index (κ2) is 7.58. The van der Waals surface area contributed by atoms with Crippen LogP contribution >= 0.6 is 11.6 Å². The summed E-state index contributed by atoms with van der Waals surface area (Å²) < 4.78 is 5.19. The molecular weight excluding hydrogens is 356 g/mol. The maximum absolute atomic E-state index is 11.5. The summed E-state index contributed by atoms with van der Waals surface area (Å²) in [6.07, 6.45) is 3.10. The maximum Gasteiger partial charge on any atom is 0.335 e. The molecule has 6 nitrogen and oxygen atoms in total. The molecule has 0 bridgehead atoms. The van der Waals surface area contributed by atoms with Crippen molar-refractivity contribution in [2.75, 3.05) is 7.11 Å². The number of ether oxygens (including phenoxy) is 1. The average Bonchev–Trinajstić information content (AvgIpc) is 3.05. The zero-order valence-electron chi connectivity index (χ0n) is 14.0. The van der Waals surface area contributed by atoms with Gasteiger partial charge in [-0.3, -0.25) is 4.79 Å². The van der Waals surface area contributed by atoms with Crippen LogP contribution in [0.3, 0.4) is 0 Å². The molecule has 1 fully saturated rings. The van der Waals surface area contributed by atoms with E-state index in [0.29, 0.717) is 29.4 Å². The number of rotatable bonds is 5. The maximum atomic E-state index is 11.5. The molecule has 0 unspecified atom stereocenters. The Kier molecular flexibility index (Phi) is 5.23. The van der Waals surface area contributed by atoms with Crippen LogP contribution in [0.5, 0.6) is 5.88 Å². The van der Waals surface area contributed by atoms with Gasteiger partial charge in [-0.15, -0.1) is 0 Å². The number of methoxy groups -OCH3 is 1. The lowest BCUT2D eigenvalue weighted by Gasteiger charge is -2.13. The van der Waals surface area contributed by atoms with Gasteiger partial charge in [0.2, 0.25) is 11.8 Å². The minimum atomic E-state index is -0.989. The summed E-state index contributed by atoms with van der Waals surface area (Å²) in [5.41, 5.74) is 2.37. The lowest BCUT2D eigenvalue weighted by atomic mass is 9.98. The Labute approximate surface area is 155 Å². The van der Waals surface area contributed by atoms with E-state index in [9.17, 15) is 9.59 Å². The molecule has 1 saturated heterocycles. The fourth-order valence-corrected chi connectivity index (χ4v) is 2.98. The second-order valence-electron chi connectivity index (χ2n) is 5.86. The number of aromatic nitrogens is 1. The Hall–Kier alpha value is -2.86. The third-order valence-electron chi connectivity index (χ3n) is 4.12. The third-order valence-corrected chi connectivity index (χ3v) is 4.41. The molecule has 26 heavy (non-hydrogen) atoms. The number of carbonyl (C=O) groups excluding carboxylic acids is 1. The van der Waals surface area contributed by atoms with Crippen molar-refractivity contribution in [1.82, 2.24) is 10.3 Å². The molecule has 1 aromatic heterocycles. The molecule has 2 N–H and O–H groups in total. The summed E-state index contributed by atoms with van der Waals surface area (Å²) in [5.74, 6) is -0.683. The number of amides is 1. The molecule has 0 saturated carbocycles. The van der Waals surface area contributed by atoms with Crippen LogP contribution in [0.1, 0.15) is 34.5 Å². The molecule has 1 aliphatic rings. The van der Waals surface area contributed by atoms with Gasteiger partial charge in [0.1, 0.15) is 5.02 Å². The number of carboxylic acids is 1. The molecule has 2 aromatic rings. The van der Waals surface area contributed by atoms with Crippen LogP contribution < -0.4 is 10.1 Å². The summed E-state index contributed by atoms with van der Waals surface area (Å²) >= 11 is 6.06. The van der Waals surface area contributed by atoms with Crippen molar-refractivity contribution in [3.63, 3.8) is 0 Å². The Morgan fingerprint density at radius 3 is 2.54 bits per heavy atom. The number of hydrogen-bond acceptors (Lipinski definition) is 4. The molecule has 0 spiro atoms. The van der Waals surface area contributed by atoms with Crippen LogP contribution in [-0.2, 0) is 4.79 Å². The Morgan fingerprint density at radius 2 is 1.96 bits per heavy atom. The van der Waals surface area contributed by atoms with Crippen molar-refractivity contribution in [3.05, 3.63) is 64.3 Å². The number of benzene rings is 1. The summed E-state index contributed by atoms with van der Waals surface area (Å²) in [5, 5.41) is 12.4. The van der Waals surface area contributed by atoms with Gasteiger partial charge in [0.05, 0.1) is 18.4 Å². The number of hydrogen-bond donors (Lipinski definition) is 2. The number of carbonyl (C=O) groups is 2. The summed E-state index contributed by atoms with van der Waals surface area (Å²) in [6, 6.07) is 9.84. The minimum Gasteiger partial charge on any atom is -0.480 e. The molecule has 134 valence electrons. The minimum absolute atomic E-state index is 0.00784. The van der Waals surface area contributed by atoms with E-state index in [1.54, 1.807) is 24.3 Å². The largest absolute Gasteiger partial charge is 0.480 e. The van der Waals surface area contributed by atoms with Gasteiger partial charge in [0.25, 0.3) is 0 Å². The predicted octanol–water partition coefficient (Wildman–Crippen LogP) is 3.15. The third kappa shape index (κ3) is 3.86. The number of halogens is 1. The molecule has 1 atom stereocenters. The first kappa shape index (κ1) is 17.9. The molecule has 1 aliphatic heterocycles. The molecule has 1 aromatic carbocycles. The van der Waals surface area contributed by atoms with Gasteiger partial charge in [-0.2, -0.15) is 0 Å². The topological polar surface area (TPSA) is 88.5 Å². The molecule has 0 radical (unpaired) electrons. The van der Waals surface area contributed by atoms with Crippen LogP contribution in [0.4, 0.5) is 0 Å². The first-order chi connectivity index (χ1) is 12.5. The van der Waals surface area contributed by atoms with Crippen molar-refractivity contribution >= 4 is 29.1 Å². The van der Waals surface area contributed by atoms with Gasteiger partial charge in [-0.25, -0.2) is 9.78 Å². The van der Waals surface area contributed by atoms with Gasteiger partial charge < -0.3 is 15.2 Å². The highest BCUT2D eigenvalue weighted by molar-refractivity contribution is 6.31. The fourth-order valence-electron chi connectivity index (χ4n) is 2.80. The van der Waals surface area contributed by atoms with Gasteiger partial charge in [0, 0.05) is 18.0 Å². The smallest absolute Gasteiger partial charge is 0.335 e. The van der Waals surface area contributed by atoms with Crippen LogP contribution in [0.25, 0.3) is 5.57 Å². The molecule has 1 amide bonds. The summed E-state index contributed by atoms with van der Waals surface area (Å²) in [4.78, 5) is 27.0. The highest BCUT2D eigenvalue weighted by atomic mass is 35.5. The van der Waals surface area contributed by atoms with Crippen molar-refractivity contribution in [2.45, 2.75) is 18.9 Å². The van der Waals surface area contributed by atoms with Crippen molar-refractivity contribution in [2.24, 2.45) is 0 Å². The number of nitrogens with zero attached hydrogens (tertiary/aromatic N) is 1. The standard InChI is InChI=1S/C19H17ClN2O4/c1-26-18-15(20)7-8-16(22-18)14(10-13-6-9-17(23)21-13)11-2-4-12(5-3-11)19(24)25/h2-5,7-8,10,13H,6,9H2,1H3,(H,21,23)(H,24,25)/b14-10+/t13-/m1/s1. The van der Waals surface area contributed by atoms with Crippen molar-refractivity contribution in [1.29, 1.82) is 0 Å². The van der Waals surface area contributed by atoms with Crippen molar-refractivity contribution in [3.8, 4) is 5.88 Å². The van der Waals surface area contributed by atoms with E-state index in [1.165, 1.54) is 19.2 Å². The van der Waals surface area contributed by atoms with Gasteiger partial charge in [-0.1, -0.05) is 29.8 Å². The highest BCUT2D eigenvalue weighted by Crippen LogP contribution is 2.29. The van der Waals surface area contributed by atoms with Gasteiger partial charge in [-0.05, 0) is 36.2 Å². The predicted molar refractivity (Wildman–Crippen MR) is 97.4 cm³/mol. The number of pyridine rings is 1. The highest BCUT2D eigenvalue weighted by Gasteiger charge is 2.21. The monoisotopic (exact) mass is 372 g/mol. The quantitative estimate of drug-likeness (QED) is 0.841. The zero-order valence-corrected chi connectivity index (χ0v) is 14.8. The van der Waals surface area contributed by atoms with E-state index in [1.807, 2.05) is 6.08 Å². The van der Waals surface area contributed by atoms with Crippen LogP contribution in [0.15, 0.2) is 42.5 Å². The number of nitrogens with one attached hydrogen (secondary N) is 1. The number of aromatic carboxylic acids is 1. The van der Waals surface area contributed by atoms with Crippen LogP contribution in [0.2, 0.25) is 5.02 Å². The van der Waals surface area contributed by atoms with E-state index in [0.717, 1.165) is 11.1 Å². The summed E-state index contributed by atoms with van der Waals surface area (Å²) in [7, 11) is 1.49. The van der Waals surface area contributed by atoms with Gasteiger partial charge in [0.15, 0.2) is 0 Å². The SMILES string of the molecule is COc1nc(/C(=C/[C@H]2CCC(=O)N2)c2ccc(C(=O)O)cc2)ccc1Cl. The van der Waals surface area contributed by atoms with E-state index in [4.69, 9.17) is 21.4 Å². The first-order valence-electron chi connectivity index (χ1n) is 8.03. The molecule has 7 heteroatoms. The lowest BCUT2D eigenvalue weighted by molar-refractivity contribution is -0.119. The van der Waals surface area contributed by atoms with Crippen LogP contribution in [-0.4, -0.2) is 35.1 Å². The number of carboxylic acid groups (broad SMARTS) is 1. The molecule has 3 rings (SSSR count). The fraction of sp³-hybridized carbons (Fsp3) is 0.211. The normalized spacial score (nSPS) is 17.1. The first-order valence-corrected chi connectivity index (χ1v) is 8.41. The van der Waals surface area contributed by atoms with Crippen LogP contribution in [0, 0.1) is 0 Å². The van der Waals surface area contributed by atoms with E-state index in [2.05, 4.69) is 10.3 Å². The Bertz CT molecular complexity index is 878. The Balaban J connectivity index is 2.05. The van der Waals surface area contributed by atoms with E-state index < -0.39 is 5.97 Å². The second-order valence-corrected chi connectivity index (χ2v) is 6.27. The Morgan fingerprint density at radius 1 is 1.27 bits per heavy atom. The van der Waals surface area contributed by atoms with Gasteiger partial charge >= 0.3 is 5.97 Å². The zero-order chi connectivity index (χ0) is 18.7.